The molecule has 0 unspecified atom stereocenters. The van der Waals surface area contributed by atoms with Crippen LogP contribution in [0.25, 0.3) is 6.08 Å². The third-order valence-electron chi connectivity index (χ3n) is 4.07. The summed E-state index contributed by atoms with van der Waals surface area (Å²) in [6.45, 7) is 0. The van der Waals surface area contributed by atoms with Crippen molar-refractivity contribution in [1.29, 1.82) is 0 Å². The van der Waals surface area contributed by atoms with Crippen molar-refractivity contribution in [2.24, 2.45) is 0 Å². The number of hydrogen-bond acceptors (Lipinski definition) is 6. The third kappa shape index (κ3) is 3.89. The summed E-state index contributed by atoms with van der Waals surface area (Å²) in [6.07, 6.45) is 1.68. The topological polar surface area (TPSA) is 49.9 Å². The van der Waals surface area contributed by atoms with Crippen molar-refractivity contribution in [2.75, 3.05) is 31.0 Å². The molecular formula is C20H18N2O3S2. The molecular weight excluding hydrogens is 380 g/mol. The number of anilines is 2. The van der Waals surface area contributed by atoms with E-state index in [0.717, 1.165) is 5.69 Å². The molecule has 0 spiro atoms. The fourth-order valence-corrected chi connectivity index (χ4v) is 3.94. The summed E-state index contributed by atoms with van der Waals surface area (Å²) in [4.78, 5) is 28.8. The van der Waals surface area contributed by atoms with E-state index in [1.165, 1.54) is 23.8 Å². The second kappa shape index (κ2) is 7.94. The molecule has 2 aromatic carbocycles. The minimum atomic E-state index is -0.448. The molecule has 3 rings (SSSR count). The van der Waals surface area contributed by atoms with Crippen LogP contribution in [0.4, 0.5) is 11.4 Å². The highest BCUT2D eigenvalue weighted by atomic mass is 32.2. The van der Waals surface area contributed by atoms with Crippen LogP contribution in [0.15, 0.2) is 53.4 Å². The maximum Gasteiger partial charge on any atom is 0.338 e. The van der Waals surface area contributed by atoms with Crippen LogP contribution in [-0.4, -0.2) is 37.4 Å². The number of hydrogen-bond donors (Lipinski definition) is 0. The van der Waals surface area contributed by atoms with Crippen molar-refractivity contribution in [3.63, 3.8) is 0 Å². The smallest absolute Gasteiger partial charge is 0.338 e. The van der Waals surface area contributed by atoms with E-state index < -0.39 is 5.97 Å². The molecule has 1 amide bonds. The Morgan fingerprint density at radius 3 is 2.44 bits per heavy atom. The fraction of sp³-hybridized carbons (Fsp3) is 0.150. The van der Waals surface area contributed by atoms with E-state index in [1.807, 2.05) is 43.3 Å². The fourth-order valence-electron chi connectivity index (χ4n) is 2.65. The molecule has 0 atom stereocenters. The Kier molecular flexibility index (Phi) is 5.62. The highest BCUT2D eigenvalue weighted by molar-refractivity contribution is 8.27. The Bertz CT molecular complexity index is 936. The average molecular weight is 399 g/mol. The van der Waals surface area contributed by atoms with Gasteiger partial charge >= 0.3 is 5.97 Å². The molecule has 1 heterocycles. The first kappa shape index (κ1) is 19.1. The van der Waals surface area contributed by atoms with E-state index in [2.05, 4.69) is 0 Å². The van der Waals surface area contributed by atoms with E-state index in [9.17, 15) is 9.59 Å². The van der Waals surface area contributed by atoms with Crippen LogP contribution in [0.1, 0.15) is 15.9 Å². The van der Waals surface area contributed by atoms with Crippen LogP contribution in [0.5, 0.6) is 0 Å². The number of nitrogens with zero attached hydrogens (tertiary/aromatic N) is 2. The predicted molar refractivity (Wildman–Crippen MR) is 114 cm³/mol. The first-order chi connectivity index (χ1) is 12.9. The molecule has 7 heteroatoms. The van der Waals surface area contributed by atoms with Gasteiger partial charge in [-0.05, 0) is 42.0 Å². The Hall–Kier alpha value is -2.64. The number of carbonyl (C=O) groups excluding carboxylic acids is 2. The summed E-state index contributed by atoms with van der Waals surface area (Å²) in [5.74, 6) is -0.654. The number of thiocarbonyl (C=S) groups is 1. The second-order valence-corrected chi connectivity index (χ2v) is 7.68. The SMILES string of the molecule is COC(=O)c1ccccc1/C=C1\SC(=S)N(c2ccc(N(C)C)cc2)C1=O. The quantitative estimate of drug-likeness (QED) is 0.442. The van der Waals surface area contributed by atoms with Crippen LogP contribution in [0.3, 0.4) is 0 Å². The first-order valence-electron chi connectivity index (χ1n) is 8.15. The van der Waals surface area contributed by atoms with Gasteiger partial charge in [0.05, 0.1) is 23.3 Å². The van der Waals surface area contributed by atoms with Crippen molar-refractivity contribution in [3.8, 4) is 0 Å². The van der Waals surface area contributed by atoms with Crippen molar-refractivity contribution in [3.05, 3.63) is 64.6 Å². The Morgan fingerprint density at radius 1 is 1.15 bits per heavy atom. The number of benzene rings is 2. The molecule has 1 aliphatic heterocycles. The van der Waals surface area contributed by atoms with Crippen LogP contribution in [-0.2, 0) is 9.53 Å². The number of carbonyl (C=O) groups is 2. The molecule has 0 aromatic heterocycles. The Labute approximate surface area is 167 Å². The van der Waals surface area contributed by atoms with Gasteiger partial charge in [0.2, 0.25) is 0 Å². The van der Waals surface area contributed by atoms with E-state index in [-0.39, 0.29) is 5.91 Å². The first-order valence-corrected chi connectivity index (χ1v) is 9.37. The van der Waals surface area contributed by atoms with Gasteiger partial charge < -0.3 is 9.64 Å². The number of thioether (sulfide) groups is 1. The number of ether oxygens (including phenoxy) is 1. The molecule has 27 heavy (non-hydrogen) atoms. The lowest BCUT2D eigenvalue weighted by atomic mass is 10.1. The summed E-state index contributed by atoms with van der Waals surface area (Å²) in [5, 5.41) is 0. The molecule has 1 aliphatic rings. The molecule has 0 aliphatic carbocycles. The number of rotatable bonds is 4. The van der Waals surface area contributed by atoms with Gasteiger partial charge in [-0.15, -0.1) is 0 Å². The van der Waals surface area contributed by atoms with Crippen LogP contribution >= 0.6 is 24.0 Å². The lowest BCUT2D eigenvalue weighted by molar-refractivity contribution is -0.113. The van der Waals surface area contributed by atoms with Crippen LogP contribution in [0.2, 0.25) is 0 Å². The van der Waals surface area contributed by atoms with E-state index in [1.54, 1.807) is 30.3 Å². The number of methoxy groups -OCH3 is 1. The Balaban J connectivity index is 1.93. The highest BCUT2D eigenvalue weighted by Crippen LogP contribution is 2.36. The molecule has 1 saturated heterocycles. The van der Waals surface area contributed by atoms with E-state index in [4.69, 9.17) is 17.0 Å². The van der Waals surface area contributed by atoms with Gasteiger partial charge in [-0.1, -0.05) is 42.2 Å². The van der Waals surface area contributed by atoms with Gasteiger partial charge in [-0.25, -0.2) is 4.79 Å². The summed E-state index contributed by atoms with van der Waals surface area (Å²) in [6, 6.07) is 14.6. The summed E-state index contributed by atoms with van der Waals surface area (Å²) in [5.41, 5.74) is 2.77. The van der Waals surface area contributed by atoms with Crippen LogP contribution in [0, 0.1) is 0 Å². The maximum absolute atomic E-state index is 12.9. The molecule has 0 N–H and O–H groups in total. The molecule has 0 radical (unpaired) electrons. The minimum Gasteiger partial charge on any atom is -0.465 e. The largest absolute Gasteiger partial charge is 0.465 e. The van der Waals surface area contributed by atoms with E-state index >= 15 is 0 Å². The zero-order valence-corrected chi connectivity index (χ0v) is 16.8. The van der Waals surface area contributed by atoms with Crippen molar-refractivity contribution < 1.29 is 14.3 Å². The number of amides is 1. The van der Waals surface area contributed by atoms with Crippen LogP contribution < -0.4 is 9.80 Å². The van der Waals surface area contributed by atoms with Gasteiger partial charge in [-0.2, -0.15) is 0 Å². The van der Waals surface area contributed by atoms with Gasteiger partial charge in [0.15, 0.2) is 4.32 Å². The monoisotopic (exact) mass is 398 g/mol. The van der Waals surface area contributed by atoms with Crippen molar-refractivity contribution in [2.45, 2.75) is 0 Å². The van der Waals surface area contributed by atoms with E-state index in [0.29, 0.717) is 26.0 Å². The third-order valence-corrected chi connectivity index (χ3v) is 5.37. The summed E-state index contributed by atoms with van der Waals surface area (Å²) in [7, 11) is 5.24. The minimum absolute atomic E-state index is 0.206. The van der Waals surface area contributed by atoms with Crippen molar-refractivity contribution >= 4 is 57.6 Å². The molecule has 5 nitrogen and oxygen atoms in total. The van der Waals surface area contributed by atoms with Gasteiger partial charge in [-0.3, -0.25) is 9.69 Å². The van der Waals surface area contributed by atoms with Gasteiger partial charge in [0, 0.05) is 19.8 Å². The normalized spacial score (nSPS) is 15.4. The average Bonchev–Trinajstić information content (AvgIpc) is 2.95. The highest BCUT2D eigenvalue weighted by Gasteiger charge is 2.33. The zero-order valence-electron chi connectivity index (χ0n) is 15.1. The Morgan fingerprint density at radius 2 is 1.81 bits per heavy atom. The van der Waals surface area contributed by atoms with Gasteiger partial charge in [0.1, 0.15) is 0 Å². The molecule has 0 bridgehead atoms. The van der Waals surface area contributed by atoms with Gasteiger partial charge in [0.25, 0.3) is 5.91 Å². The zero-order chi connectivity index (χ0) is 19.6. The second-order valence-electron chi connectivity index (χ2n) is 6.01. The maximum atomic E-state index is 12.9. The number of esters is 1. The lowest BCUT2D eigenvalue weighted by Crippen LogP contribution is -2.27. The predicted octanol–water partition coefficient (Wildman–Crippen LogP) is 3.95. The molecule has 1 fully saturated rings. The van der Waals surface area contributed by atoms with Crippen molar-refractivity contribution in [1.82, 2.24) is 0 Å². The molecule has 138 valence electrons. The lowest BCUT2D eigenvalue weighted by Gasteiger charge is -2.17. The molecule has 2 aromatic rings. The summed E-state index contributed by atoms with van der Waals surface area (Å²) >= 11 is 6.63. The summed E-state index contributed by atoms with van der Waals surface area (Å²) < 4.78 is 5.27. The standard InChI is InChI=1S/C20H18N2O3S2/c1-21(2)14-8-10-15(11-9-14)22-18(23)17(27-20(22)26)12-13-6-4-5-7-16(13)19(24)25-3/h4-12H,1-3H3/b17-12-. The molecule has 0 saturated carbocycles.